The lowest BCUT2D eigenvalue weighted by molar-refractivity contribution is -0.113. The summed E-state index contributed by atoms with van der Waals surface area (Å²) in [5.74, 6) is 0.675. The van der Waals surface area contributed by atoms with Crippen molar-refractivity contribution in [2.24, 2.45) is 5.92 Å². The number of amides is 1. The number of nitrogens with one attached hydrogen (secondary N) is 1. The lowest BCUT2D eigenvalue weighted by Gasteiger charge is -2.17. The topological polar surface area (TPSA) is 80.9 Å². The van der Waals surface area contributed by atoms with Crippen LogP contribution in [0, 0.1) is 18.7 Å². The van der Waals surface area contributed by atoms with Gasteiger partial charge in [-0.25, -0.2) is 14.4 Å². The van der Waals surface area contributed by atoms with Crippen LogP contribution in [0.2, 0.25) is 0 Å². The molecule has 0 aliphatic heterocycles. The Morgan fingerprint density at radius 1 is 1.43 bits per heavy atom. The fraction of sp³-hybridized carbons (Fsp3) is 0.350. The van der Waals surface area contributed by atoms with Crippen LogP contribution < -0.4 is 11.1 Å². The molecule has 1 aliphatic carbocycles. The zero-order chi connectivity index (χ0) is 19.8. The second-order valence-electron chi connectivity index (χ2n) is 7.22. The van der Waals surface area contributed by atoms with Crippen molar-refractivity contribution in [1.82, 2.24) is 9.97 Å². The molecule has 1 amide bonds. The molecular formula is C20H21FN4OS2. The largest absolute Gasteiger partial charge is 0.383 e. The van der Waals surface area contributed by atoms with Crippen molar-refractivity contribution < 1.29 is 9.18 Å². The highest BCUT2D eigenvalue weighted by Gasteiger charge is 2.23. The number of fused-ring (bicyclic) bond motifs is 3. The fourth-order valence-corrected chi connectivity index (χ4v) is 5.56. The van der Waals surface area contributed by atoms with E-state index in [1.807, 2.05) is 6.92 Å². The Morgan fingerprint density at radius 2 is 2.25 bits per heavy atom. The molecule has 0 spiro atoms. The van der Waals surface area contributed by atoms with E-state index in [1.54, 1.807) is 17.4 Å². The molecule has 146 valence electrons. The van der Waals surface area contributed by atoms with E-state index in [4.69, 9.17) is 5.73 Å². The maximum absolute atomic E-state index is 13.4. The normalized spacial score (nSPS) is 16.2. The first-order valence-corrected chi connectivity index (χ1v) is 11.0. The summed E-state index contributed by atoms with van der Waals surface area (Å²) in [6.45, 7) is 4.09. The first-order valence-electron chi connectivity index (χ1n) is 9.17. The number of benzene rings is 1. The van der Waals surface area contributed by atoms with E-state index in [-0.39, 0.29) is 17.5 Å². The van der Waals surface area contributed by atoms with Gasteiger partial charge in [0.15, 0.2) is 5.16 Å². The number of aryl methyl sites for hydroxylation is 2. The van der Waals surface area contributed by atoms with Crippen LogP contribution in [0.5, 0.6) is 0 Å². The molecule has 1 aliphatic rings. The van der Waals surface area contributed by atoms with Gasteiger partial charge in [-0.2, -0.15) is 0 Å². The number of hydrogen-bond acceptors (Lipinski definition) is 6. The Hall–Kier alpha value is -2.19. The molecule has 3 N–H and O–H groups in total. The molecule has 0 saturated carbocycles. The van der Waals surface area contributed by atoms with Gasteiger partial charge in [-0.15, -0.1) is 11.3 Å². The average Bonchev–Trinajstić information content (AvgIpc) is 3.00. The molecule has 2 heterocycles. The zero-order valence-electron chi connectivity index (χ0n) is 15.7. The molecule has 1 aromatic carbocycles. The number of halogens is 1. The second kappa shape index (κ2) is 7.67. The first-order chi connectivity index (χ1) is 13.4. The number of nitrogens with zero attached hydrogens (tertiary/aromatic N) is 2. The summed E-state index contributed by atoms with van der Waals surface area (Å²) in [5.41, 5.74) is 8.80. The number of thioether (sulfide) groups is 1. The second-order valence-corrected chi connectivity index (χ2v) is 9.25. The van der Waals surface area contributed by atoms with Gasteiger partial charge in [0.25, 0.3) is 0 Å². The van der Waals surface area contributed by atoms with E-state index in [2.05, 4.69) is 22.2 Å². The van der Waals surface area contributed by atoms with E-state index in [0.717, 1.165) is 35.0 Å². The smallest absolute Gasteiger partial charge is 0.234 e. The highest BCUT2D eigenvalue weighted by atomic mass is 32.2. The summed E-state index contributed by atoms with van der Waals surface area (Å²) >= 11 is 2.92. The van der Waals surface area contributed by atoms with E-state index in [1.165, 1.54) is 34.3 Å². The quantitative estimate of drug-likeness (QED) is 0.481. The SMILES string of the molecule is Cc1ccc(F)cc1NC(=O)CSc1nc(N)c2c3c(sc2n1)CC(C)CC3. The van der Waals surface area contributed by atoms with Gasteiger partial charge in [0.05, 0.1) is 11.1 Å². The maximum Gasteiger partial charge on any atom is 0.234 e. The molecule has 0 fully saturated rings. The Kier molecular flexibility index (Phi) is 5.25. The number of nitrogens with two attached hydrogens (primary N) is 1. The molecule has 4 rings (SSSR count). The van der Waals surface area contributed by atoms with E-state index in [0.29, 0.717) is 22.6 Å². The van der Waals surface area contributed by atoms with E-state index < -0.39 is 0 Å². The minimum atomic E-state index is -0.383. The standard InChI is InChI=1S/C20H21FN4OS2/c1-10-3-6-13-15(7-10)28-19-17(13)18(22)24-20(25-19)27-9-16(26)23-14-8-12(21)5-4-11(14)2/h4-5,8,10H,3,6-7,9H2,1-2H3,(H,23,26)(H2,22,24,25). The molecule has 1 atom stereocenters. The Morgan fingerprint density at radius 3 is 3.07 bits per heavy atom. The number of anilines is 2. The van der Waals surface area contributed by atoms with E-state index >= 15 is 0 Å². The van der Waals surface area contributed by atoms with Gasteiger partial charge in [0.2, 0.25) is 5.91 Å². The van der Waals surface area contributed by atoms with Gasteiger partial charge in [0.1, 0.15) is 16.5 Å². The number of thiophene rings is 1. The monoisotopic (exact) mass is 416 g/mol. The molecule has 0 bridgehead atoms. The Labute approximate surface area is 171 Å². The number of carbonyl (C=O) groups is 1. The number of hydrogen-bond donors (Lipinski definition) is 2. The number of rotatable bonds is 4. The zero-order valence-corrected chi connectivity index (χ0v) is 17.3. The van der Waals surface area contributed by atoms with Gasteiger partial charge in [-0.1, -0.05) is 24.8 Å². The van der Waals surface area contributed by atoms with Crippen molar-refractivity contribution >= 4 is 50.7 Å². The van der Waals surface area contributed by atoms with Gasteiger partial charge in [-0.05, 0) is 55.4 Å². The van der Waals surface area contributed by atoms with Crippen LogP contribution in [-0.2, 0) is 17.6 Å². The minimum absolute atomic E-state index is 0.128. The highest BCUT2D eigenvalue weighted by molar-refractivity contribution is 7.99. The van der Waals surface area contributed by atoms with Crippen molar-refractivity contribution in [3.8, 4) is 0 Å². The summed E-state index contributed by atoms with van der Waals surface area (Å²) in [7, 11) is 0. The number of carbonyl (C=O) groups excluding carboxylic acids is 1. The van der Waals surface area contributed by atoms with Crippen LogP contribution in [0.15, 0.2) is 23.4 Å². The van der Waals surface area contributed by atoms with Gasteiger partial charge < -0.3 is 11.1 Å². The Bertz CT molecular complexity index is 1070. The summed E-state index contributed by atoms with van der Waals surface area (Å²) in [6, 6.07) is 4.32. The third-order valence-corrected chi connectivity index (χ3v) is 6.96. The van der Waals surface area contributed by atoms with Crippen molar-refractivity contribution in [2.75, 3.05) is 16.8 Å². The molecule has 1 unspecified atom stereocenters. The molecule has 3 aromatic rings. The maximum atomic E-state index is 13.4. The van der Waals surface area contributed by atoms with Crippen LogP contribution in [0.1, 0.15) is 29.3 Å². The molecule has 0 saturated heterocycles. The summed E-state index contributed by atoms with van der Waals surface area (Å²) < 4.78 is 13.4. The lowest BCUT2D eigenvalue weighted by atomic mass is 9.89. The van der Waals surface area contributed by atoms with Crippen molar-refractivity contribution in [3.63, 3.8) is 0 Å². The predicted octanol–water partition coefficient (Wildman–Crippen LogP) is 4.58. The predicted molar refractivity (Wildman–Crippen MR) is 114 cm³/mol. The first kappa shape index (κ1) is 19.1. The Balaban J connectivity index is 1.49. The molecule has 5 nitrogen and oxygen atoms in total. The summed E-state index contributed by atoms with van der Waals surface area (Å²) in [6.07, 6.45) is 3.24. The van der Waals surface area contributed by atoms with Gasteiger partial charge >= 0.3 is 0 Å². The molecule has 0 radical (unpaired) electrons. The number of nitrogen functional groups attached to an aromatic ring is 1. The van der Waals surface area contributed by atoms with Crippen LogP contribution in [-0.4, -0.2) is 21.6 Å². The van der Waals surface area contributed by atoms with Crippen molar-refractivity contribution in [3.05, 3.63) is 40.0 Å². The van der Waals surface area contributed by atoms with Crippen LogP contribution in [0.4, 0.5) is 15.9 Å². The lowest BCUT2D eigenvalue weighted by Crippen LogP contribution is -2.15. The van der Waals surface area contributed by atoms with Crippen molar-refractivity contribution in [2.45, 2.75) is 38.3 Å². The van der Waals surface area contributed by atoms with Crippen LogP contribution in [0.3, 0.4) is 0 Å². The van der Waals surface area contributed by atoms with Crippen LogP contribution in [0.25, 0.3) is 10.2 Å². The van der Waals surface area contributed by atoms with E-state index in [9.17, 15) is 9.18 Å². The summed E-state index contributed by atoms with van der Waals surface area (Å²) in [5, 5.41) is 4.20. The van der Waals surface area contributed by atoms with Crippen LogP contribution >= 0.6 is 23.1 Å². The fourth-order valence-electron chi connectivity index (χ4n) is 3.46. The molecule has 2 aromatic heterocycles. The third-order valence-electron chi connectivity index (χ3n) is 4.97. The number of aromatic nitrogens is 2. The molecule has 28 heavy (non-hydrogen) atoms. The highest BCUT2D eigenvalue weighted by Crippen LogP contribution is 2.39. The summed E-state index contributed by atoms with van der Waals surface area (Å²) in [4.78, 5) is 23.5. The molecular weight excluding hydrogens is 395 g/mol. The molecule has 8 heteroatoms. The third kappa shape index (κ3) is 3.84. The average molecular weight is 417 g/mol. The van der Waals surface area contributed by atoms with Gasteiger partial charge in [-0.3, -0.25) is 4.79 Å². The van der Waals surface area contributed by atoms with Crippen molar-refractivity contribution in [1.29, 1.82) is 0 Å². The van der Waals surface area contributed by atoms with Gasteiger partial charge in [0, 0.05) is 10.6 Å². The minimum Gasteiger partial charge on any atom is -0.383 e.